The Morgan fingerprint density at radius 3 is 1.76 bits per heavy atom. The summed E-state index contributed by atoms with van der Waals surface area (Å²) in [7, 11) is 0. The molecule has 0 bridgehead atoms. The highest BCUT2D eigenvalue weighted by atomic mass is 16.5. The minimum absolute atomic E-state index is 0.00944. The van der Waals surface area contributed by atoms with Crippen LogP contribution in [0.5, 0.6) is 17.2 Å². The normalized spacial score (nSPS) is 12.3. The van der Waals surface area contributed by atoms with E-state index in [9.17, 15) is 19.2 Å². The van der Waals surface area contributed by atoms with Crippen LogP contribution >= 0.6 is 0 Å². The van der Waals surface area contributed by atoms with E-state index in [0.717, 1.165) is 31.3 Å². The molecule has 4 heterocycles. The van der Waals surface area contributed by atoms with E-state index in [1.54, 1.807) is 54.6 Å². The third kappa shape index (κ3) is 10.3. The van der Waals surface area contributed by atoms with E-state index < -0.39 is 23.8 Å². The minimum atomic E-state index is -0.758. The second-order valence-electron chi connectivity index (χ2n) is 13.9. The molecule has 1 amide bonds. The van der Waals surface area contributed by atoms with Gasteiger partial charge < -0.3 is 24.4 Å². The maximum absolute atomic E-state index is 14.7. The fourth-order valence-corrected chi connectivity index (χ4v) is 6.06. The van der Waals surface area contributed by atoms with Crippen LogP contribution in [0.3, 0.4) is 0 Å². The Balaban J connectivity index is 1.42. The zero-order chi connectivity index (χ0) is 41.0. The number of fused-ring (bicyclic) bond motifs is 2. The van der Waals surface area contributed by atoms with Gasteiger partial charge in [0.2, 0.25) is 0 Å². The predicted octanol–water partition coefficient (Wildman–Crippen LogP) is 9.65. The maximum Gasteiger partial charge on any atom is 0.345 e. The average molecular weight is 778 g/mol. The molecule has 58 heavy (non-hydrogen) atoms. The molecule has 5 aromatic rings. The number of esters is 3. The molecule has 3 aromatic heterocycles. The van der Waals surface area contributed by atoms with Gasteiger partial charge >= 0.3 is 17.9 Å². The fraction of sp³-hybridized carbons (Fsp3) is 0.196. The Bertz CT molecular complexity index is 2390. The molecule has 0 saturated carbocycles. The van der Waals surface area contributed by atoms with Crippen LogP contribution in [-0.4, -0.2) is 45.3 Å². The van der Waals surface area contributed by atoms with Crippen LogP contribution in [-0.2, 0) is 0 Å². The molecule has 12 heteroatoms. The number of nitrogens with one attached hydrogen (secondary N) is 1. The summed E-state index contributed by atoms with van der Waals surface area (Å²) in [6.45, 7) is 8.43. The molecule has 294 valence electrons. The lowest BCUT2D eigenvalue weighted by Crippen LogP contribution is -2.31. The number of anilines is 3. The topological polar surface area (TPSA) is 150 Å². The molecule has 0 aliphatic carbocycles. The number of nitrogens with zero attached hydrogens (tertiary/aromatic N) is 4. The van der Waals surface area contributed by atoms with Gasteiger partial charge in [-0.05, 0) is 102 Å². The number of hydrogen-bond donors (Lipinski definition) is 1. The maximum atomic E-state index is 14.7. The number of allylic oxidation sites excluding steroid dienone is 5. The fourth-order valence-electron chi connectivity index (χ4n) is 6.06. The zero-order valence-electron chi connectivity index (χ0n) is 32.7. The van der Waals surface area contributed by atoms with Crippen LogP contribution in [0.15, 0.2) is 139 Å². The SMILES string of the molecule is CC(C)=CCCC(C)=CCCC(C)=CCN1C(=O)c2cccc(OC(=O)c3cccnc3)c2Nc2c(OC(=O)c3cccnc3)cc(OC(=O)c3cccnc3)cc21. The van der Waals surface area contributed by atoms with Crippen molar-refractivity contribution in [3.63, 3.8) is 0 Å². The molecular weight excluding hydrogens is 735 g/mol. The smallest absolute Gasteiger partial charge is 0.345 e. The van der Waals surface area contributed by atoms with Crippen molar-refractivity contribution in [1.29, 1.82) is 0 Å². The van der Waals surface area contributed by atoms with Gasteiger partial charge in [0.25, 0.3) is 5.91 Å². The second kappa shape index (κ2) is 19.1. The lowest BCUT2D eigenvalue weighted by atomic mass is 10.1. The minimum Gasteiger partial charge on any atom is -0.423 e. The van der Waals surface area contributed by atoms with E-state index in [0.29, 0.717) is 0 Å². The van der Waals surface area contributed by atoms with Gasteiger partial charge in [0, 0.05) is 55.9 Å². The van der Waals surface area contributed by atoms with Gasteiger partial charge in [-0.1, -0.05) is 41.0 Å². The lowest BCUT2D eigenvalue weighted by Gasteiger charge is -2.24. The van der Waals surface area contributed by atoms with E-state index >= 15 is 0 Å². The van der Waals surface area contributed by atoms with E-state index in [4.69, 9.17) is 14.2 Å². The molecular formula is C46H43N5O7. The van der Waals surface area contributed by atoms with Crippen molar-refractivity contribution >= 4 is 40.9 Å². The Morgan fingerprint density at radius 1 is 0.638 bits per heavy atom. The van der Waals surface area contributed by atoms with Crippen LogP contribution < -0.4 is 24.4 Å². The van der Waals surface area contributed by atoms with Gasteiger partial charge in [0.15, 0.2) is 11.5 Å². The molecule has 1 aliphatic rings. The van der Waals surface area contributed by atoms with E-state index in [1.165, 1.54) is 65.4 Å². The first-order valence-corrected chi connectivity index (χ1v) is 18.8. The van der Waals surface area contributed by atoms with Gasteiger partial charge in [-0.3, -0.25) is 19.7 Å². The van der Waals surface area contributed by atoms with Crippen LogP contribution in [0.1, 0.15) is 94.8 Å². The number of carbonyl (C=O) groups is 4. The monoisotopic (exact) mass is 777 g/mol. The molecule has 0 atom stereocenters. The van der Waals surface area contributed by atoms with Crippen molar-refractivity contribution in [2.24, 2.45) is 0 Å². The molecule has 1 aliphatic heterocycles. The first kappa shape index (κ1) is 40.5. The number of benzene rings is 2. The summed E-state index contributed by atoms with van der Waals surface area (Å²) in [5, 5.41) is 3.25. The first-order chi connectivity index (χ1) is 28.1. The number of amides is 1. The zero-order valence-corrected chi connectivity index (χ0v) is 32.7. The van der Waals surface area contributed by atoms with Crippen molar-refractivity contribution in [3.8, 4) is 17.2 Å². The Labute approximate surface area is 336 Å². The van der Waals surface area contributed by atoms with Crippen LogP contribution in [0.25, 0.3) is 0 Å². The standard InChI is InChI=1S/C46H43N5O7/c1-30(2)11-5-12-31(3)13-6-14-32(4)20-24-51-38-25-36(56-44(53)33-15-8-21-47-27-33)26-40(58-46(55)35-17-10-23-49-29-35)42(38)50-41-37(43(51)52)18-7-19-39(41)57-45(54)34-16-9-22-48-28-34/h7-11,13,15-23,25-29,50H,5-6,12,14,24H2,1-4H3. The number of carbonyl (C=O) groups excluding carboxylic acids is 4. The average Bonchev–Trinajstić information content (AvgIpc) is 3.34. The quantitative estimate of drug-likeness (QED) is 0.0652. The van der Waals surface area contributed by atoms with Crippen molar-refractivity contribution < 1.29 is 33.4 Å². The van der Waals surface area contributed by atoms with Gasteiger partial charge in [-0.25, -0.2) is 14.4 Å². The third-order valence-electron chi connectivity index (χ3n) is 9.15. The van der Waals surface area contributed by atoms with Gasteiger partial charge in [0.05, 0.1) is 33.6 Å². The van der Waals surface area contributed by atoms with Crippen LogP contribution in [0.2, 0.25) is 0 Å². The van der Waals surface area contributed by atoms with Crippen LogP contribution in [0, 0.1) is 0 Å². The summed E-state index contributed by atoms with van der Waals surface area (Å²) < 4.78 is 17.6. The molecule has 0 unspecified atom stereocenters. The summed E-state index contributed by atoms with van der Waals surface area (Å²) in [5.41, 5.74) is 4.93. The number of hydrogen-bond acceptors (Lipinski definition) is 11. The van der Waals surface area contributed by atoms with Crippen molar-refractivity contribution in [2.75, 3.05) is 16.8 Å². The van der Waals surface area contributed by atoms with E-state index in [2.05, 4.69) is 53.2 Å². The van der Waals surface area contributed by atoms with Gasteiger partial charge in [0.1, 0.15) is 11.4 Å². The largest absolute Gasteiger partial charge is 0.423 e. The number of pyridine rings is 3. The Morgan fingerprint density at radius 2 is 1.19 bits per heavy atom. The highest BCUT2D eigenvalue weighted by molar-refractivity contribution is 6.16. The first-order valence-electron chi connectivity index (χ1n) is 18.8. The summed E-state index contributed by atoms with van der Waals surface area (Å²) in [6.07, 6.45) is 18.7. The van der Waals surface area contributed by atoms with E-state index in [-0.39, 0.29) is 63.1 Å². The Kier molecular flexibility index (Phi) is 13.3. The molecule has 0 radical (unpaired) electrons. The summed E-state index contributed by atoms with van der Waals surface area (Å²) in [4.78, 5) is 68.4. The molecule has 1 N–H and O–H groups in total. The third-order valence-corrected chi connectivity index (χ3v) is 9.15. The predicted molar refractivity (Wildman–Crippen MR) is 221 cm³/mol. The summed E-state index contributed by atoms with van der Waals surface area (Å²) in [5.74, 6) is -2.67. The molecule has 2 aromatic carbocycles. The highest BCUT2D eigenvalue weighted by Gasteiger charge is 2.33. The van der Waals surface area contributed by atoms with Crippen molar-refractivity contribution in [1.82, 2.24) is 15.0 Å². The van der Waals surface area contributed by atoms with Gasteiger partial charge in [-0.2, -0.15) is 0 Å². The molecule has 0 fully saturated rings. The lowest BCUT2D eigenvalue weighted by molar-refractivity contribution is 0.0721. The molecule has 6 rings (SSSR count). The molecule has 0 saturated heterocycles. The summed E-state index contributed by atoms with van der Waals surface area (Å²) >= 11 is 0. The number of para-hydroxylation sites is 1. The van der Waals surface area contributed by atoms with E-state index in [1.807, 2.05) is 13.0 Å². The highest BCUT2D eigenvalue weighted by Crippen LogP contribution is 2.47. The Hall–Kier alpha value is -7.21. The van der Waals surface area contributed by atoms with Crippen LogP contribution in [0.4, 0.5) is 17.1 Å². The number of rotatable bonds is 14. The van der Waals surface area contributed by atoms with Crippen molar-refractivity contribution in [3.05, 3.63) is 161 Å². The number of aromatic nitrogens is 3. The molecule has 0 spiro atoms. The van der Waals surface area contributed by atoms with Gasteiger partial charge in [-0.15, -0.1) is 0 Å². The second-order valence-corrected chi connectivity index (χ2v) is 13.9. The summed E-state index contributed by atoms with van der Waals surface area (Å²) in [6, 6.07) is 17.1. The molecule has 12 nitrogen and oxygen atoms in total. The number of ether oxygens (including phenoxy) is 3. The van der Waals surface area contributed by atoms with Crippen molar-refractivity contribution in [2.45, 2.75) is 53.4 Å².